The molecular weight excluding hydrogens is 212 g/mol. The maximum Gasteiger partial charge on any atom is 0.135 e. The largest absolute Gasteiger partial charge is 0.384 e. The zero-order valence-electron chi connectivity index (χ0n) is 10.7. The van der Waals surface area contributed by atoms with Crippen LogP contribution < -0.4 is 11.1 Å². The smallest absolute Gasteiger partial charge is 0.135 e. The highest BCUT2D eigenvalue weighted by atomic mass is 15.1. The second-order valence-electron chi connectivity index (χ2n) is 5.17. The molecule has 0 amide bonds. The SMILES string of the molecule is CC(C)c1nc(N)cc(NC2CCCCC2)n1. The van der Waals surface area contributed by atoms with Gasteiger partial charge in [0.2, 0.25) is 0 Å². The molecule has 1 aliphatic carbocycles. The van der Waals surface area contributed by atoms with Gasteiger partial charge in [0.05, 0.1) is 0 Å². The van der Waals surface area contributed by atoms with Gasteiger partial charge in [0.25, 0.3) is 0 Å². The second kappa shape index (κ2) is 5.34. The van der Waals surface area contributed by atoms with Gasteiger partial charge in [0.15, 0.2) is 0 Å². The summed E-state index contributed by atoms with van der Waals surface area (Å²) in [6.45, 7) is 4.17. The Hall–Kier alpha value is -1.32. The molecule has 1 aliphatic rings. The molecule has 4 heteroatoms. The van der Waals surface area contributed by atoms with Gasteiger partial charge in [-0.2, -0.15) is 0 Å². The number of nitrogens with two attached hydrogens (primary N) is 1. The van der Waals surface area contributed by atoms with Gasteiger partial charge in [-0.3, -0.25) is 0 Å². The maximum absolute atomic E-state index is 5.81. The number of hydrogen-bond donors (Lipinski definition) is 2. The molecule has 0 saturated heterocycles. The summed E-state index contributed by atoms with van der Waals surface area (Å²) in [5, 5.41) is 3.49. The molecule has 0 radical (unpaired) electrons. The van der Waals surface area contributed by atoms with Crippen LogP contribution in [0.5, 0.6) is 0 Å². The van der Waals surface area contributed by atoms with Crippen molar-refractivity contribution in [3.8, 4) is 0 Å². The molecule has 1 aromatic rings. The highest BCUT2D eigenvalue weighted by molar-refractivity contribution is 5.45. The Bertz CT molecular complexity index is 370. The first kappa shape index (κ1) is 12.1. The third-order valence-corrected chi connectivity index (χ3v) is 3.24. The lowest BCUT2D eigenvalue weighted by Gasteiger charge is -2.23. The number of anilines is 2. The van der Waals surface area contributed by atoms with Crippen molar-refractivity contribution in [2.75, 3.05) is 11.1 Å². The molecule has 0 aromatic carbocycles. The van der Waals surface area contributed by atoms with Crippen molar-refractivity contribution in [2.24, 2.45) is 0 Å². The van der Waals surface area contributed by atoms with E-state index in [1.165, 1.54) is 32.1 Å². The van der Waals surface area contributed by atoms with Crippen LogP contribution in [0.1, 0.15) is 57.7 Å². The van der Waals surface area contributed by atoms with Crippen LogP contribution in [-0.2, 0) is 0 Å². The number of nitrogens with zero attached hydrogens (tertiary/aromatic N) is 2. The number of rotatable bonds is 3. The minimum absolute atomic E-state index is 0.311. The standard InChI is InChI=1S/C13H22N4/c1-9(2)13-16-11(14)8-12(17-13)15-10-6-4-3-5-7-10/h8-10H,3-7H2,1-2H3,(H3,14,15,16,17). The van der Waals surface area contributed by atoms with Crippen LogP contribution in [0.25, 0.3) is 0 Å². The van der Waals surface area contributed by atoms with Crippen molar-refractivity contribution in [3.05, 3.63) is 11.9 Å². The van der Waals surface area contributed by atoms with E-state index in [2.05, 4.69) is 29.1 Å². The van der Waals surface area contributed by atoms with Gasteiger partial charge in [-0.15, -0.1) is 0 Å². The Morgan fingerprint density at radius 3 is 2.59 bits per heavy atom. The normalized spacial score (nSPS) is 17.4. The first-order chi connectivity index (χ1) is 8.15. The van der Waals surface area contributed by atoms with Crippen LogP contribution in [0.2, 0.25) is 0 Å². The molecule has 0 atom stereocenters. The van der Waals surface area contributed by atoms with Gasteiger partial charge >= 0.3 is 0 Å². The average molecular weight is 234 g/mol. The van der Waals surface area contributed by atoms with Crippen LogP contribution in [-0.4, -0.2) is 16.0 Å². The molecule has 94 valence electrons. The Kier molecular flexibility index (Phi) is 3.82. The van der Waals surface area contributed by atoms with Crippen molar-refractivity contribution < 1.29 is 0 Å². The Balaban J connectivity index is 2.09. The van der Waals surface area contributed by atoms with Crippen molar-refractivity contribution in [3.63, 3.8) is 0 Å². The molecule has 1 saturated carbocycles. The monoisotopic (exact) mass is 234 g/mol. The van der Waals surface area contributed by atoms with Crippen molar-refractivity contribution in [1.29, 1.82) is 0 Å². The zero-order valence-corrected chi connectivity index (χ0v) is 10.7. The number of aromatic nitrogens is 2. The summed E-state index contributed by atoms with van der Waals surface area (Å²) in [4.78, 5) is 8.78. The van der Waals surface area contributed by atoms with Crippen LogP contribution in [0.15, 0.2) is 6.07 Å². The summed E-state index contributed by atoms with van der Waals surface area (Å²) >= 11 is 0. The van der Waals surface area contributed by atoms with Gasteiger partial charge in [0.1, 0.15) is 17.5 Å². The first-order valence-corrected chi connectivity index (χ1v) is 6.56. The molecule has 17 heavy (non-hydrogen) atoms. The fourth-order valence-corrected chi connectivity index (χ4v) is 2.27. The van der Waals surface area contributed by atoms with Crippen molar-refractivity contribution in [2.45, 2.75) is 57.9 Å². The fourth-order valence-electron chi connectivity index (χ4n) is 2.27. The summed E-state index contributed by atoms with van der Waals surface area (Å²) in [6.07, 6.45) is 6.47. The second-order valence-corrected chi connectivity index (χ2v) is 5.17. The summed E-state index contributed by atoms with van der Waals surface area (Å²) in [7, 11) is 0. The van der Waals surface area contributed by atoms with Gasteiger partial charge in [-0.25, -0.2) is 9.97 Å². The van der Waals surface area contributed by atoms with E-state index < -0.39 is 0 Å². The molecular formula is C13H22N4. The van der Waals surface area contributed by atoms with Gasteiger partial charge < -0.3 is 11.1 Å². The van der Waals surface area contributed by atoms with E-state index in [-0.39, 0.29) is 0 Å². The predicted molar refractivity (Wildman–Crippen MR) is 71.0 cm³/mol. The summed E-state index contributed by atoms with van der Waals surface area (Å²) < 4.78 is 0. The Morgan fingerprint density at radius 1 is 1.24 bits per heavy atom. The van der Waals surface area contributed by atoms with E-state index in [1.807, 2.05) is 6.07 Å². The molecule has 1 heterocycles. The number of nitrogen functional groups attached to an aromatic ring is 1. The van der Waals surface area contributed by atoms with Crippen molar-refractivity contribution >= 4 is 11.6 Å². The molecule has 0 spiro atoms. The predicted octanol–water partition coefficient (Wildman–Crippen LogP) is 2.93. The maximum atomic E-state index is 5.81. The van der Waals surface area contributed by atoms with Gasteiger partial charge in [-0.05, 0) is 12.8 Å². The number of nitrogens with one attached hydrogen (secondary N) is 1. The lowest BCUT2D eigenvalue weighted by atomic mass is 9.95. The minimum Gasteiger partial charge on any atom is -0.384 e. The third-order valence-electron chi connectivity index (χ3n) is 3.24. The topological polar surface area (TPSA) is 63.8 Å². The average Bonchev–Trinajstić information content (AvgIpc) is 2.29. The molecule has 1 fully saturated rings. The number of hydrogen-bond acceptors (Lipinski definition) is 4. The summed E-state index contributed by atoms with van der Waals surface area (Å²) in [5.74, 6) is 2.57. The summed E-state index contributed by atoms with van der Waals surface area (Å²) in [5.41, 5.74) is 5.81. The molecule has 4 nitrogen and oxygen atoms in total. The third kappa shape index (κ3) is 3.32. The quantitative estimate of drug-likeness (QED) is 0.844. The van der Waals surface area contributed by atoms with Crippen LogP contribution in [0, 0.1) is 0 Å². The Labute approximate surface area is 103 Å². The molecule has 0 bridgehead atoms. The van der Waals surface area contributed by atoms with Crippen LogP contribution >= 0.6 is 0 Å². The van der Waals surface area contributed by atoms with E-state index in [0.717, 1.165) is 11.6 Å². The highest BCUT2D eigenvalue weighted by Crippen LogP contribution is 2.22. The Morgan fingerprint density at radius 2 is 1.94 bits per heavy atom. The molecule has 1 aromatic heterocycles. The lowest BCUT2D eigenvalue weighted by molar-refractivity contribution is 0.461. The molecule has 0 aliphatic heterocycles. The highest BCUT2D eigenvalue weighted by Gasteiger charge is 2.14. The first-order valence-electron chi connectivity index (χ1n) is 6.56. The molecule has 3 N–H and O–H groups in total. The van der Waals surface area contributed by atoms with Crippen LogP contribution in [0.4, 0.5) is 11.6 Å². The van der Waals surface area contributed by atoms with Gasteiger partial charge in [-0.1, -0.05) is 33.1 Å². The molecule has 2 rings (SSSR count). The van der Waals surface area contributed by atoms with Crippen molar-refractivity contribution in [1.82, 2.24) is 9.97 Å². The van der Waals surface area contributed by atoms with Gasteiger partial charge in [0, 0.05) is 18.0 Å². The van der Waals surface area contributed by atoms with E-state index in [9.17, 15) is 0 Å². The van der Waals surface area contributed by atoms with E-state index >= 15 is 0 Å². The fraction of sp³-hybridized carbons (Fsp3) is 0.692. The minimum atomic E-state index is 0.311. The van der Waals surface area contributed by atoms with Crippen LogP contribution in [0.3, 0.4) is 0 Å². The van der Waals surface area contributed by atoms with E-state index in [1.54, 1.807) is 0 Å². The van der Waals surface area contributed by atoms with E-state index in [0.29, 0.717) is 17.8 Å². The zero-order chi connectivity index (χ0) is 12.3. The lowest BCUT2D eigenvalue weighted by Crippen LogP contribution is -2.23. The summed E-state index contributed by atoms with van der Waals surface area (Å²) in [6, 6.07) is 2.39. The molecule has 0 unspecified atom stereocenters. The van der Waals surface area contributed by atoms with E-state index in [4.69, 9.17) is 5.73 Å².